The van der Waals surface area contributed by atoms with Gasteiger partial charge in [-0.3, -0.25) is 4.79 Å². The van der Waals surface area contributed by atoms with Crippen molar-refractivity contribution in [1.82, 2.24) is 0 Å². The molecule has 5 aliphatic rings. The summed E-state index contributed by atoms with van der Waals surface area (Å²) in [5.74, 6) is 2.62. The second kappa shape index (κ2) is 9.66. The molecule has 0 aromatic heterocycles. The first kappa shape index (κ1) is 25.6. The van der Waals surface area contributed by atoms with Crippen molar-refractivity contribution < 1.29 is 14.3 Å². The summed E-state index contributed by atoms with van der Waals surface area (Å²) in [5, 5.41) is 0. The maximum Gasteiger partial charge on any atom is 0.169 e. The van der Waals surface area contributed by atoms with Gasteiger partial charge in [0, 0.05) is 44.5 Å². The van der Waals surface area contributed by atoms with E-state index < -0.39 is 0 Å². The summed E-state index contributed by atoms with van der Waals surface area (Å²) in [6, 6.07) is 9.28. The number of fused-ring (bicyclic) bond motifs is 4. The van der Waals surface area contributed by atoms with Crippen LogP contribution < -0.4 is 4.90 Å². The number of carbonyl (C=O) groups excluding carboxylic acids is 1. The average Bonchev–Trinajstić information content (AvgIpc) is 3.48. The van der Waals surface area contributed by atoms with Gasteiger partial charge in [0.25, 0.3) is 0 Å². The van der Waals surface area contributed by atoms with Gasteiger partial charge in [-0.1, -0.05) is 30.2 Å². The van der Waals surface area contributed by atoms with E-state index in [2.05, 4.69) is 63.0 Å². The molecule has 6 rings (SSSR count). The first-order valence-electron chi connectivity index (χ1n) is 13.9. The minimum atomic E-state index is -0.319. The number of carbonyl (C=O) groups is 1. The predicted molar refractivity (Wildman–Crippen MR) is 145 cm³/mol. The fraction of sp³-hybridized carbons (Fsp3) is 0.656. The maximum absolute atomic E-state index is 12.8. The van der Waals surface area contributed by atoms with Crippen LogP contribution in [0.3, 0.4) is 0 Å². The Kier molecular flexibility index (Phi) is 6.85. The molecule has 6 atom stereocenters. The van der Waals surface area contributed by atoms with E-state index >= 15 is 0 Å². The van der Waals surface area contributed by atoms with Gasteiger partial charge < -0.3 is 14.4 Å². The van der Waals surface area contributed by atoms with Crippen LogP contribution in [-0.4, -0.2) is 38.9 Å². The van der Waals surface area contributed by atoms with E-state index in [1.807, 2.05) is 6.92 Å². The highest BCUT2D eigenvalue weighted by Crippen LogP contribution is 2.66. The van der Waals surface area contributed by atoms with E-state index in [0.717, 1.165) is 45.3 Å². The fourth-order valence-electron chi connectivity index (χ4n) is 8.96. The number of rotatable bonds is 3. The molecule has 4 fully saturated rings. The van der Waals surface area contributed by atoms with E-state index in [-0.39, 0.29) is 17.1 Å². The lowest BCUT2D eigenvalue weighted by Crippen LogP contribution is -2.47. The Bertz CT molecular complexity index is 1030. The van der Waals surface area contributed by atoms with E-state index in [0.29, 0.717) is 29.5 Å². The number of Topliss-reactive ketones (excluding diaryl/α,β-unsaturated/α-hetero) is 1. The molecule has 3 saturated carbocycles. The highest BCUT2D eigenvalue weighted by Gasteiger charge is 2.58. The third-order valence-electron chi connectivity index (χ3n) is 10.5. The van der Waals surface area contributed by atoms with Gasteiger partial charge in [-0.25, -0.2) is 0 Å². The highest BCUT2D eigenvalue weighted by atomic mass is 16.7. The molecule has 0 N–H and O–H groups in total. The van der Waals surface area contributed by atoms with Gasteiger partial charge in [0.05, 0.1) is 13.2 Å². The number of nitrogens with zero attached hydrogens (tertiary/aromatic N) is 1. The Hall–Kier alpha value is -2.09. The zero-order valence-electron chi connectivity index (χ0n) is 22.6. The van der Waals surface area contributed by atoms with E-state index in [1.165, 1.54) is 30.5 Å². The molecule has 0 bridgehead atoms. The largest absolute Gasteiger partial charge is 0.378 e. The number of ether oxygens (including phenoxy) is 2. The van der Waals surface area contributed by atoms with Crippen molar-refractivity contribution in [2.24, 2.45) is 29.1 Å². The van der Waals surface area contributed by atoms with E-state index in [1.54, 1.807) is 11.1 Å². The van der Waals surface area contributed by atoms with Crippen molar-refractivity contribution in [3.8, 4) is 12.8 Å². The van der Waals surface area contributed by atoms with Crippen molar-refractivity contribution in [3.05, 3.63) is 41.0 Å². The molecule has 1 saturated heterocycles. The van der Waals surface area contributed by atoms with Crippen molar-refractivity contribution in [2.45, 2.75) is 76.9 Å². The van der Waals surface area contributed by atoms with Crippen molar-refractivity contribution in [1.29, 1.82) is 0 Å². The lowest BCUT2D eigenvalue weighted by molar-refractivity contribution is -0.181. The van der Waals surface area contributed by atoms with Crippen LogP contribution >= 0.6 is 0 Å². The summed E-state index contributed by atoms with van der Waals surface area (Å²) in [4.78, 5) is 14.9. The summed E-state index contributed by atoms with van der Waals surface area (Å²) in [6.07, 6.45) is 17.1. The van der Waals surface area contributed by atoms with Crippen LogP contribution in [0.25, 0.3) is 0 Å². The van der Waals surface area contributed by atoms with Gasteiger partial charge >= 0.3 is 0 Å². The zero-order chi connectivity index (χ0) is 25.7. The second-order valence-electron chi connectivity index (χ2n) is 12.3. The molecule has 1 aromatic rings. The van der Waals surface area contributed by atoms with Crippen LogP contribution in [0, 0.1) is 41.9 Å². The lowest BCUT2D eigenvalue weighted by atomic mass is 9.51. The summed E-state index contributed by atoms with van der Waals surface area (Å²) in [7, 11) is 4.21. The summed E-state index contributed by atoms with van der Waals surface area (Å²) in [5.41, 5.74) is 6.30. The molecule has 1 heterocycles. The Labute approximate surface area is 217 Å². The van der Waals surface area contributed by atoms with Crippen LogP contribution in [-0.2, 0) is 14.3 Å². The molecule has 1 aliphatic heterocycles. The van der Waals surface area contributed by atoms with Gasteiger partial charge in [-0.15, -0.1) is 12.8 Å². The lowest BCUT2D eigenvalue weighted by Gasteiger charge is -2.54. The smallest absolute Gasteiger partial charge is 0.169 e. The van der Waals surface area contributed by atoms with Crippen LogP contribution in [0.2, 0.25) is 0 Å². The first-order chi connectivity index (χ1) is 17.3. The SMILES string of the molecule is C#C.CC(=O)C1CCC2C3CCC4CC5(CCC4=C3C(c3ccc(N(C)C)cc3)CC12C)OCCO5. The molecule has 4 aliphatic carbocycles. The summed E-state index contributed by atoms with van der Waals surface area (Å²) < 4.78 is 12.3. The molecule has 6 unspecified atom stereocenters. The van der Waals surface area contributed by atoms with E-state index in [9.17, 15) is 4.79 Å². The van der Waals surface area contributed by atoms with Gasteiger partial charge in [-0.2, -0.15) is 0 Å². The molecule has 36 heavy (non-hydrogen) atoms. The zero-order valence-corrected chi connectivity index (χ0v) is 22.6. The second-order valence-corrected chi connectivity index (χ2v) is 12.3. The van der Waals surface area contributed by atoms with E-state index in [4.69, 9.17) is 9.47 Å². The molecule has 0 radical (unpaired) electrons. The van der Waals surface area contributed by atoms with Gasteiger partial charge in [0.15, 0.2) is 5.79 Å². The van der Waals surface area contributed by atoms with Crippen LogP contribution in [0.1, 0.15) is 76.7 Å². The van der Waals surface area contributed by atoms with Crippen molar-refractivity contribution in [3.63, 3.8) is 0 Å². The van der Waals surface area contributed by atoms with Crippen molar-refractivity contribution in [2.75, 3.05) is 32.2 Å². The summed E-state index contributed by atoms with van der Waals surface area (Å²) >= 11 is 0. The number of ketones is 1. The van der Waals surface area contributed by atoms with Crippen LogP contribution in [0.4, 0.5) is 5.69 Å². The van der Waals surface area contributed by atoms with Crippen LogP contribution in [0.15, 0.2) is 35.4 Å². The first-order valence-corrected chi connectivity index (χ1v) is 13.9. The van der Waals surface area contributed by atoms with Gasteiger partial charge in [0.1, 0.15) is 5.78 Å². The standard InChI is InChI=1S/C30H41NO3.C2H2/c1-19(32)26-11-12-27-24-10-7-21-17-30(33-15-16-34-30)14-13-23(21)28(24)25(18-29(26,27)2)20-5-8-22(9-6-20)31(3)4;1-2/h5-6,8-9,21,24-27H,7,10-18H2,1-4H3;1-2H. The quantitative estimate of drug-likeness (QED) is 0.366. The number of terminal acetylenes is 1. The monoisotopic (exact) mass is 489 g/mol. The minimum Gasteiger partial charge on any atom is -0.378 e. The van der Waals surface area contributed by atoms with Gasteiger partial charge in [-0.05, 0) is 86.3 Å². The molecule has 194 valence electrons. The number of allylic oxidation sites excluding steroid dienone is 2. The van der Waals surface area contributed by atoms with Crippen LogP contribution in [0.5, 0.6) is 0 Å². The Morgan fingerprint density at radius 2 is 1.69 bits per heavy atom. The maximum atomic E-state index is 12.8. The molecule has 1 aromatic carbocycles. The van der Waals surface area contributed by atoms with Gasteiger partial charge in [0.2, 0.25) is 0 Å². The predicted octanol–water partition coefficient (Wildman–Crippen LogP) is 6.36. The van der Waals surface area contributed by atoms with Crippen molar-refractivity contribution >= 4 is 11.5 Å². The topological polar surface area (TPSA) is 38.8 Å². The number of hydrogen-bond donors (Lipinski definition) is 0. The molecule has 0 amide bonds. The number of anilines is 1. The Balaban J connectivity index is 0.00000130. The molecule has 4 heteroatoms. The molecule has 1 spiro atoms. The number of benzene rings is 1. The third-order valence-corrected chi connectivity index (χ3v) is 10.5. The number of hydrogen-bond acceptors (Lipinski definition) is 4. The molecule has 4 nitrogen and oxygen atoms in total. The average molecular weight is 490 g/mol. The highest BCUT2D eigenvalue weighted by molar-refractivity contribution is 5.79. The Morgan fingerprint density at radius 1 is 1.00 bits per heavy atom. The fourth-order valence-corrected chi connectivity index (χ4v) is 8.96. The Morgan fingerprint density at radius 3 is 2.33 bits per heavy atom. The molecular formula is C32H43NO3. The normalized spacial score (nSPS) is 36.3. The minimum absolute atomic E-state index is 0.117. The molecular weight excluding hydrogens is 446 g/mol. The summed E-state index contributed by atoms with van der Waals surface area (Å²) in [6.45, 7) is 5.79. The third kappa shape index (κ3) is 4.04.